The first-order valence-electron chi connectivity index (χ1n) is 17.1. The number of hydrogen-bond acceptors (Lipinski definition) is 8. The standard InChI is InChI=1S/C32H62NO10P/c1-3-5-6-7-8-9-10-11-12-13-14-15-16-17-18-19-20-21-22-23-24-30(35)33-29(32(37)38)27-43-44(39,40)42-26-28(34)25-41-31(36)4-2/h28-29,34H,3-27H2,1-2H3,(H,33,35)(H,37,38)(H,39,40). The van der Waals surface area contributed by atoms with Gasteiger partial charge in [0.1, 0.15) is 12.7 Å². The van der Waals surface area contributed by atoms with Gasteiger partial charge in [-0.3, -0.25) is 18.6 Å². The average Bonchev–Trinajstić information content (AvgIpc) is 2.99. The Labute approximate surface area is 265 Å². The van der Waals surface area contributed by atoms with Crippen molar-refractivity contribution in [2.24, 2.45) is 0 Å². The molecule has 12 heteroatoms. The zero-order valence-electron chi connectivity index (χ0n) is 27.5. The third-order valence-corrected chi connectivity index (χ3v) is 8.40. The Bertz CT molecular complexity index is 782. The number of nitrogens with one attached hydrogen (secondary N) is 1. The summed E-state index contributed by atoms with van der Waals surface area (Å²) in [6.07, 6.45) is 24.1. The first-order valence-corrected chi connectivity index (χ1v) is 18.6. The van der Waals surface area contributed by atoms with Crippen molar-refractivity contribution < 1.29 is 47.8 Å². The summed E-state index contributed by atoms with van der Waals surface area (Å²) >= 11 is 0. The Balaban J connectivity index is 3.76. The molecule has 0 spiro atoms. The number of phosphoric acid groups is 1. The fraction of sp³-hybridized carbons (Fsp3) is 0.906. The van der Waals surface area contributed by atoms with Crippen LogP contribution in [0.4, 0.5) is 0 Å². The minimum Gasteiger partial charge on any atom is -0.480 e. The van der Waals surface area contributed by atoms with Gasteiger partial charge in [-0.05, 0) is 6.42 Å². The summed E-state index contributed by atoms with van der Waals surface area (Å²) in [4.78, 5) is 44.4. The number of hydrogen-bond donors (Lipinski definition) is 4. The zero-order chi connectivity index (χ0) is 32.9. The number of aliphatic hydroxyl groups excluding tert-OH is 1. The maximum atomic E-state index is 12.2. The minimum atomic E-state index is -4.71. The fourth-order valence-electron chi connectivity index (χ4n) is 4.71. The number of carboxylic acid groups (broad SMARTS) is 1. The summed E-state index contributed by atoms with van der Waals surface area (Å²) in [6, 6.07) is -1.54. The van der Waals surface area contributed by atoms with Crippen molar-refractivity contribution in [1.82, 2.24) is 5.32 Å². The Kier molecular flexibility index (Phi) is 27.9. The van der Waals surface area contributed by atoms with Crippen LogP contribution >= 0.6 is 7.82 Å². The first kappa shape index (κ1) is 42.5. The van der Waals surface area contributed by atoms with Crippen LogP contribution in [0, 0.1) is 0 Å². The van der Waals surface area contributed by atoms with E-state index in [4.69, 9.17) is 0 Å². The Morgan fingerprint density at radius 2 is 1.07 bits per heavy atom. The van der Waals surface area contributed by atoms with Crippen LogP contribution in [0.1, 0.15) is 155 Å². The van der Waals surface area contributed by atoms with Crippen molar-refractivity contribution in [3.8, 4) is 0 Å². The van der Waals surface area contributed by atoms with Crippen molar-refractivity contribution >= 4 is 25.7 Å². The van der Waals surface area contributed by atoms with Crippen molar-refractivity contribution in [1.29, 1.82) is 0 Å². The predicted octanol–water partition coefficient (Wildman–Crippen LogP) is 7.22. The number of aliphatic carboxylic acids is 1. The molecule has 0 saturated carbocycles. The zero-order valence-corrected chi connectivity index (χ0v) is 28.4. The molecule has 0 aromatic carbocycles. The van der Waals surface area contributed by atoms with E-state index < -0.39 is 57.6 Å². The highest BCUT2D eigenvalue weighted by Crippen LogP contribution is 2.43. The Hall–Kier alpha value is -1.52. The molecule has 3 unspecified atom stereocenters. The molecule has 0 aromatic heterocycles. The van der Waals surface area contributed by atoms with Gasteiger partial charge in [-0.2, -0.15) is 0 Å². The maximum Gasteiger partial charge on any atom is 0.472 e. The average molecular weight is 652 g/mol. The van der Waals surface area contributed by atoms with Gasteiger partial charge in [-0.15, -0.1) is 0 Å². The van der Waals surface area contributed by atoms with E-state index in [0.717, 1.165) is 19.3 Å². The van der Waals surface area contributed by atoms with E-state index in [1.165, 1.54) is 103 Å². The molecule has 4 N–H and O–H groups in total. The van der Waals surface area contributed by atoms with Crippen molar-refractivity contribution in [3.63, 3.8) is 0 Å². The molecule has 3 atom stereocenters. The first-order chi connectivity index (χ1) is 21.1. The van der Waals surface area contributed by atoms with Crippen molar-refractivity contribution in [2.75, 3.05) is 19.8 Å². The SMILES string of the molecule is CCCCCCCCCCCCCCCCCCCCCCC(=O)NC(COP(=O)(O)OCC(O)COC(=O)CC)C(=O)O. The van der Waals surface area contributed by atoms with Gasteiger partial charge in [0.2, 0.25) is 5.91 Å². The molecule has 0 rings (SSSR count). The van der Waals surface area contributed by atoms with E-state index >= 15 is 0 Å². The van der Waals surface area contributed by atoms with Crippen LogP contribution in [-0.2, 0) is 32.7 Å². The van der Waals surface area contributed by atoms with Gasteiger partial charge in [0.05, 0.1) is 13.2 Å². The van der Waals surface area contributed by atoms with E-state index in [9.17, 15) is 34.1 Å². The van der Waals surface area contributed by atoms with Crippen LogP contribution in [0.15, 0.2) is 0 Å². The molecular formula is C32H62NO10P. The lowest BCUT2D eigenvalue weighted by Gasteiger charge is -2.18. The lowest BCUT2D eigenvalue weighted by molar-refractivity contribution is -0.146. The van der Waals surface area contributed by atoms with Crippen LogP contribution in [-0.4, -0.2) is 64.9 Å². The number of aliphatic hydroxyl groups is 1. The van der Waals surface area contributed by atoms with E-state index in [1.54, 1.807) is 6.92 Å². The number of rotatable bonds is 32. The summed E-state index contributed by atoms with van der Waals surface area (Å²) in [5.74, 6) is -2.46. The number of unbranched alkanes of at least 4 members (excludes halogenated alkanes) is 19. The third-order valence-electron chi connectivity index (χ3n) is 7.45. The van der Waals surface area contributed by atoms with Gasteiger partial charge in [-0.1, -0.05) is 136 Å². The number of carboxylic acids is 1. The normalized spacial score (nSPS) is 14.1. The molecule has 0 aliphatic carbocycles. The van der Waals surface area contributed by atoms with Gasteiger partial charge >= 0.3 is 19.8 Å². The highest BCUT2D eigenvalue weighted by Gasteiger charge is 2.28. The summed E-state index contributed by atoms with van der Waals surface area (Å²) in [5.41, 5.74) is 0. The fourth-order valence-corrected chi connectivity index (χ4v) is 5.48. The monoisotopic (exact) mass is 651 g/mol. The third kappa shape index (κ3) is 28.0. The molecule has 0 radical (unpaired) electrons. The quantitative estimate of drug-likeness (QED) is 0.0331. The van der Waals surface area contributed by atoms with Gasteiger partial charge in [0.15, 0.2) is 6.04 Å². The molecule has 44 heavy (non-hydrogen) atoms. The molecule has 260 valence electrons. The Morgan fingerprint density at radius 3 is 1.48 bits per heavy atom. The summed E-state index contributed by atoms with van der Waals surface area (Å²) in [7, 11) is -4.71. The van der Waals surface area contributed by atoms with Crippen molar-refractivity contribution in [3.05, 3.63) is 0 Å². The second-order valence-electron chi connectivity index (χ2n) is 11.7. The van der Waals surface area contributed by atoms with Gasteiger partial charge in [0, 0.05) is 12.8 Å². The van der Waals surface area contributed by atoms with Crippen LogP contribution in [0.3, 0.4) is 0 Å². The van der Waals surface area contributed by atoms with Gasteiger partial charge < -0.3 is 25.2 Å². The summed E-state index contributed by atoms with van der Waals surface area (Å²) in [5, 5.41) is 21.3. The van der Waals surface area contributed by atoms with Gasteiger partial charge in [-0.25, -0.2) is 9.36 Å². The van der Waals surface area contributed by atoms with Crippen LogP contribution < -0.4 is 5.32 Å². The topological polar surface area (TPSA) is 169 Å². The van der Waals surface area contributed by atoms with E-state index in [0.29, 0.717) is 6.42 Å². The molecular weight excluding hydrogens is 589 g/mol. The number of ether oxygens (including phenoxy) is 1. The number of esters is 1. The molecule has 0 aliphatic heterocycles. The molecule has 0 aromatic rings. The smallest absolute Gasteiger partial charge is 0.472 e. The van der Waals surface area contributed by atoms with Crippen LogP contribution in [0.5, 0.6) is 0 Å². The lowest BCUT2D eigenvalue weighted by atomic mass is 10.0. The highest BCUT2D eigenvalue weighted by molar-refractivity contribution is 7.47. The van der Waals surface area contributed by atoms with Crippen LogP contribution in [0.25, 0.3) is 0 Å². The molecule has 0 aliphatic rings. The number of amides is 1. The number of phosphoric ester groups is 1. The largest absolute Gasteiger partial charge is 0.480 e. The molecule has 11 nitrogen and oxygen atoms in total. The predicted molar refractivity (Wildman–Crippen MR) is 171 cm³/mol. The highest BCUT2D eigenvalue weighted by atomic mass is 31.2. The van der Waals surface area contributed by atoms with Crippen LogP contribution in [0.2, 0.25) is 0 Å². The second-order valence-corrected chi connectivity index (χ2v) is 13.1. The second kappa shape index (κ2) is 28.9. The summed E-state index contributed by atoms with van der Waals surface area (Å²) in [6.45, 7) is 1.93. The molecule has 0 saturated heterocycles. The van der Waals surface area contributed by atoms with E-state index in [1.807, 2.05) is 0 Å². The Morgan fingerprint density at radius 1 is 0.659 bits per heavy atom. The summed E-state index contributed by atoms with van der Waals surface area (Å²) < 4.78 is 25.9. The lowest BCUT2D eigenvalue weighted by Crippen LogP contribution is -2.43. The maximum absolute atomic E-state index is 12.2. The van der Waals surface area contributed by atoms with Crippen molar-refractivity contribution in [2.45, 2.75) is 167 Å². The minimum absolute atomic E-state index is 0.108. The number of carbonyl (C=O) groups excluding carboxylic acids is 2. The van der Waals surface area contributed by atoms with E-state index in [-0.39, 0.29) is 12.8 Å². The molecule has 1 amide bonds. The molecule has 0 bridgehead atoms. The molecule has 0 heterocycles. The van der Waals surface area contributed by atoms with E-state index in [2.05, 4.69) is 26.0 Å². The number of carbonyl (C=O) groups is 3. The molecule has 0 fully saturated rings. The van der Waals surface area contributed by atoms with Gasteiger partial charge in [0.25, 0.3) is 0 Å².